The minimum Gasteiger partial charge on any atom is -0.0546 e. The molecule has 0 bridgehead atoms. The molecule has 0 heteroatoms. The summed E-state index contributed by atoms with van der Waals surface area (Å²) in [5.41, 5.74) is 12.4. The molecule has 0 atom stereocenters. The topological polar surface area (TPSA) is 0 Å². The molecule has 5 rings (SSSR count). The van der Waals surface area contributed by atoms with Crippen molar-refractivity contribution in [2.75, 3.05) is 0 Å². The summed E-state index contributed by atoms with van der Waals surface area (Å²) in [4.78, 5) is 0. The van der Waals surface area contributed by atoms with E-state index in [0.717, 1.165) is 6.42 Å². The van der Waals surface area contributed by atoms with Crippen molar-refractivity contribution in [1.29, 1.82) is 0 Å². The highest BCUT2D eigenvalue weighted by atomic mass is 14.3. The molecule has 0 nitrogen and oxygen atoms in total. The predicted octanol–water partition coefficient (Wildman–Crippen LogP) is 4.82. The predicted molar refractivity (Wildman–Crippen MR) is 86.8 cm³/mol. The molecule has 0 saturated carbocycles. The fraction of sp³-hybridized carbons (Fsp3) is 0.429. The fourth-order valence-electron chi connectivity index (χ4n) is 4.55. The summed E-state index contributed by atoms with van der Waals surface area (Å²) >= 11 is 0. The summed E-state index contributed by atoms with van der Waals surface area (Å²) in [5, 5.41) is 0. The maximum atomic E-state index is 3.78. The van der Waals surface area contributed by atoms with Gasteiger partial charge in [0.05, 0.1) is 0 Å². The van der Waals surface area contributed by atoms with Crippen molar-refractivity contribution in [1.82, 2.24) is 0 Å². The average molecular weight is 273 g/mol. The van der Waals surface area contributed by atoms with Crippen molar-refractivity contribution in [3.8, 4) is 11.1 Å². The summed E-state index contributed by atoms with van der Waals surface area (Å²) in [6.07, 6.45) is 11.7. The van der Waals surface area contributed by atoms with Crippen molar-refractivity contribution in [2.45, 2.75) is 57.8 Å². The van der Waals surface area contributed by atoms with Crippen LogP contribution in [0.5, 0.6) is 0 Å². The SMILES string of the molecule is [c]1c2c(cc3c1Cc1cc4c(cc1-3)CCCC4)CCCC2. The van der Waals surface area contributed by atoms with Crippen molar-refractivity contribution < 1.29 is 0 Å². The molecule has 1 radical (unpaired) electrons. The van der Waals surface area contributed by atoms with E-state index in [2.05, 4.69) is 24.3 Å². The monoisotopic (exact) mass is 273 g/mol. The van der Waals surface area contributed by atoms with Gasteiger partial charge in [0.1, 0.15) is 0 Å². The lowest BCUT2D eigenvalue weighted by atomic mass is 9.86. The van der Waals surface area contributed by atoms with Crippen LogP contribution < -0.4 is 0 Å². The van der Waals surface area contributed by atoms with Crippen molar-refractivity contribution in [2.24, 2.45) is 0 Å². The van der Waals surface area contributed by atoms with Gasteiger partial charge < -0.3 is 0 Å². The second kappa shape index (κ2) is 4.47. The minimum absolute atomic E-state index is 1.12. The summed E-state index contributed by atoms with van der Waals surface area (Å²) in [7, 11) is 0. The van der Waals surface area contributed by atoms with Gasteiger partial charge in [-0.1, -0.05) is 18.2 Å². The van der Waals surface area contributed by atoms with Crippen LogP contribution in [-0.2, 0) is 32.1 Å². The Balaban J connectivity index is 1.67. The van der Waals surface area contributed by atoms with Gasteiger partial charge in [0, 0.05) is 0 Å². The number of hydrogen-bond donors (Lipinski definition) is 0. The van der Waals surface area contributed by atoms with E-state index >= 15 is 0 Å². The number of hydrogen-bond acceptors (Lipinski definition) is 0. The first-order chi connectivity index (χ1) is 10.4. The second-order valence-electron chi connectivity index (χ2n) is 7.03. The molecule has 0 unspecified atom stereocenters. The van der Waals surface area contributed by atoms with Crippen LogP contribution in [0.4, 0.5) is 0 Å². The van der Waals surface area contributed by atoms with Gasteiger partial charge in [0.15, 0.2) is 0 Å². The van der Waals surface area contributed by atoms with E-state index < -0.39 is 0 Å². The quantitative estimate of drug-likeness (QED) is 0.551. The molecule has 105 valence electrons. The first-order valence-electron chi connectivity index (χ1n) is 8.60. The van der Waals surface area contributed by atoms with E-state index in [1.165, 1.54) is 73.6 Å². The number of fused-ring (bicyclic) bond motifs is 5. The second-order valence-corrected chi connectivity index (χ2v) is 7.03. The van der Waals surface area contributed by atoms with Crippen LogP contribution in [0.15, 0.2) is 18.2 Å². The summed E-state index contributed by atoms with van der Waals surface area (Å²) in [6.45, 7) is 0. The summed E-state index contributed by atoms with van der Waals surface area (Å²) in [6, 6.07) is 11.3. The molecule has 3 aliphatic rings. The van der Waals surface area contributed by atoms with Crippen LogP contribution in [0.25, 0.3) is 11.1 Å². The molecule has 0 heterocycles. The highest BCUT2D eigenvalue weighted by Gasteiger charge is 2.24. The van der Waals surface area contributed by atoms with Crippen molar-refractivity contribution >= 4 is 0 Å². The summed E-state index contributed by atoms with van der Waals surface area (Å²) in [5.74, 6) is 0. The third kappa shape index (κ3) is 1.81. The van der Waals surface area contributed by atoms with Crippen LogP contribution in [0.2, 0.25) is 0 Å². The largest absolute Gasteiger partial charge is 0.0546 e. The van der Waals surface area contributed by atoms with Gasteiger partial charge >= 0.3 is 0 Å². The van der Waals surface area contributed by atoms with Gasteiger partial charge in [0.2, 0.25) is 0 Å². The Morgan fingerprint density at radius 2 is 1.24 bits per heavy atom. The Hall–Kier alpha value is -1.56. The van der Waals surface area contributed by atoms with E-state index in [9.17, 15) is 0 Å². The van der Waals surface area contributed by atoms with E-state index in [0.29, 0.717) is 0 Å². The molecule has 0 amide bonds. The number of aryl methyl sites for hydroxylation is 4. The maximum Gasteiger partial charge on any atom is -0.000707 e. The van der Waals surface area contributed by atoms with Crippen LogP contribution in [0.3, 0.4) is 0 Å². The van der Waals surface area contributed by atoms with E-state index in [1.54, 1.807) is 22.3 Å². The maximum absolute atomic E-state index is 3.78. The Morgan fingerprint density at radius 3 is 2.10 bits per heavy atom. The molecule has 0 aromatic heterocycles. The molecular formula is C21H21. The molecule has 3 aliphatic carbocycles. The van der Waals surface area contributed by atoms with Gasteiger partial charge in [-0.05, 0) is 108 Å². The highest BCUT2D eigenvalue weighted by molar-refractivity contribution is 5.79. The molecule has 2 aromatic carbocycles. The third-order valence-electron chi connectivity index (χ3n) is 5.68. The van der Waals surface area contributed by atoms with Crippen LogP contribution in [-0.4, -0.2) is 0 Å². The lowest BCUT2D eigenvalue weighted by molar-refractivity contribution is 0.684. The Kier molecular flexibility index (Phi) is 2.56. The Bertz CT molecular complexity index is 673. The fourth-order valence-corrected chi connectivity index (χ4v) is 4.55. The third-order valence-corrected chi connectivity index (χ3v) is 5.68. The number of rotatable bonds is 0. The van der Waals surface area contributed by atoms with Gasteiger partial charge in [0.25, 0.3) is 0 Å². The smallest absolute Gasteiger partial charge is 0.000707 e. The zero-order valence-electron chi connectivity index (χ0n) is 12.6. The lowest BCUT2D eigenvalue weighted by Crippen LogP contribution is -2.04. The molecule has 2 aromatic rings. The van der Waals surface area contributed by atoms with Gasteiger partial charge in [-0.15, -0.1) is 0 Å². The summed E-state index contributed by atoms with van der Waals surface area (Å²) < 4.78 is 0. The van der Waals surface area contributed by atoms with Crippen molar-refractivity contribution in [3.05, 3.63) is 57.6 Å². The van der Waals surface area contributed by atoms with Gasteiger partial charge in [-0.3, -0.25) is 0 Å². The van der Waals surface area contributed by atoms with E-state index in [-0.39, 0.29) is 0 Å². The molecule has 0 fully saturated rings. The van der Waals surface area contributed by atoms with Crippen LogP contribution in [0, 0.1) is 6.07 Å². The van der Waals surface area contributed by atoms with Gasteiger partial charge in [-0.25, -0.2) is 0 Å². The normalized spacial score (nSPS) is 18.7. The van der Waals surface area contributed by atoms with Crippen molar-refractivity contribution in [3.63, 3.8) is 0 Å². The molecule has 0 spiro atoms. The Labute approximate surface area is 127 Å². The van der Waals surface area contributed by atoms with Crippen LogP contribution in [0.1, 0.15) is 59.1 Å². The molecule has 0 saturated heterocycles. The first-order valence-corrected chi connectivity index (χ1v) is 8.60. The molecule has 0 N–H and O–H groups in total. The van der Waals surface area contributed by atoms with Gasteiger partial charge in [-0.2, -0.15) is 0 Å². The number of benzene rings is 2. The van der Waals surface area contributed by atoms with Crippen LogP contribution >= 0.6 is 0 Å². The average Bonchev–Trinajstić information content (AvgIpc) is 2.87. The molecular weight excluding hydrogens is 252 g/mol. The molecule has 21 heavy (non-hydrogen) atoms. The molecule has 0 aliphatic heterocycles. The standard InChI is InChI=1S/C21H21/c1-3-7-16-12-20-18(9-14(16)5-1)11-19-10-15-6-2-4-8-17(15)13-21(19)20/h9,12-13H,1-8,11H2. The zero-order valence-corrected chi connectivity index (χ0v) is 12.6. The lowest BCUT2D eigenvalue weighted by Gasteiger charge is -2.18. The first kappa shape index (κ1) is 12.0. The Morgan fingerprint density at radius 1 is 0.571 bits per heavy atom. The highest BCUT2D eigenvalue weighted by Crippen LogP contribution is 2.41. The minimum atomic E-state index is 1.12. The zero-order chi connectivity index (χ0) is 13.8. The van der Waals surface area contributed by atoms with E-state index in [4.69, 9.17) is 0 Å². The van der Waals surface area contributed by atoms with E-state index in [1.807, 2.05) is 0 Å².